The van der Waals surface area contributed by atoms with Gasteiger partial charge in [-0.2, -0.15) is 0 Å². The van der Waals surface area contributed by atoms with Crippen molar-refractivity contribution in [2.24, 2.45) is 16.1 Å². The number of rotatable bonds is 3. The molecule has 0 saturated heterocycles. The molecule has 2 nitrogen and oxygen atoms in total. The highest BCUT2D eigenvalue weighted by Gasteiger charge is 2.14. The topological polar surface area (TPSA) is 38.4 Å². The van der Waals surface area contributed by atoms with Crippen LogP contribution in [0.2, 0.25) is 0 Å². The highest BCUT2D eigenvalue weighted by atomic mass is 14.9. The van der Waals surface area contributed by atoms with E-state index in [-0.39, 0.29) is 5.41 Å². The first-order chi connectivity index (χ1) is 7.00. The van der Waals surface area contributed by atoms with Gasteiger partial charge < -0.3 is 5.73 Å². The van der Waals surface area contributed by atoms with Crippen molar-refractivity contribution < 1.29 is 0 Å². The fourth-order valence-corrected chi connectivity index (χ4v) is 1.19. The normalized spacial score (nSPS) is 12.9. The molecule has 0 unspecified atom stereocenters. The largest absolute Gasteiger partial charge is 0.387 e. The summed E-state index contributed by atoms with van der Waals surface area (Å²) < 4.78 is 0. The molecule has 0 aliphatic carbocycles. The minimum absolute atomic E-state index is 0.0172. The van der Waals surface area contributed by atoms with Gasteiger partial charge in [-0.3, -0.25) is 4.99 Å². The van der Waals surface area contributed by atoms with Crippen LogP contribution in [-0.2, 0) is 6.42 Å². The van der Waals surface area contributed by atoms with E-state index in [2.05, 4.69) is 37.9 Å². The van der Waals surface area contributed by atoms with E-state index in [1.807, 2.05) is 18.2 Å². The van der Waals surface area contributed by atoms with E-state index in [4.69, 9.17) is 5.73 Å². The molecule has 2 N–H and O–H groups in total. The highest BCUT2D eigenvalue weighted by molar-refractivity contribution is 5.85. The minimum atomic E-state index is -0.0172. The van der Waals surface area contributed by atoms with Gasteiger partial charge in [0.15, 0.2) is 0 Å². The zero-order valence-electron chi connectivity index (χ0n) is 9.83. The van der Waals surface area contributed by atoms with E-state index in [0.29, 0.717) is 0 Å². The van der Waals surface area contributed by atoms with E-state index in [1.165, 1.54) is 5.56 Å². The molecule has 15 heavy (non-hydrogen) atoms. The van der Waals surface area contributed by atoms with Gasteiger partial charge in [-0.25, -0.2) is 0 Å². The van der Waals surface area contributed by atoms with Crippen molar-refractivity contribution in [1.82, 2.24) is 0 Å². The van der Waals surface area contributed by atoms with E-state index in [9.17, 15) is 0 Å². The Bertz CT molecular complexity index is 320. The lowest BCUT2D eigenvalue weighted by atomic mass is 9.95. The lowest BCUT2D eigenvalue weighted by Crippen LogP contribution is -2.29. The molecule has 0 spiro atoms. The van der Waals surface area contributed by atoms with Crippen molar-refractivity contribution in [2.45, 2.75) is 27.2 Å². The predicted octanol–water partition coefficient (Wildman–Crippen LogP) is 2.63. The van der Waals surface area contributed by atoms with Crippen molar-refractivity contribution in [3.63, 3.8) is 0 Å². The molecule has 1 rings (SSSR count). The summed E-state index contributed by atoms with van der Waals surface area (Å²) in [5.41, 5.74) is 7.16. The number of nitrogens with zero attached hydrogens (tertiary/aromatic N) is 1. The van der Waals surface area contributed by atoms with Crippen molar-refractivity contribution in [3.05, 3.63) is 35.9 Å². The molecule has 0 aromatic heterocycles. The van der Waals surface area contributed by atoms with Crippen LogP contribution in [0.4, 0.5) is 0 Å². The maximum absolute atomic E-state index is 5.86. The van der Waals surface area contributed by atoms with E-state index in [0.717, 1.165) is 18.8 Å². The number of hydrogen-bond donors (Lipinski definition) is 1. The first-order valence-electron chi connectivity index (χ1n) is 5.34. The van der Waals surface area contributed by atoms with Crippen LogP contribution < -0.4 is 5.73 Å². The summed E-state index contributed by atoms with van der Waals surface area (Å²) in [6.07, 6.45) is 0.956. The van der Waals surface area contributed by atoms with Crippen molar-refractivity contribution in [2.75, 3.05) is 6.54 Å². The molecular formula is C13H20N2. The Hall–Kier alpha value is -1.31. The monoisotopic (exact) mass is 204 g/mol. The molecule has 1 aromatic carbocycles. The lowest BCUT2D eigenvalue weighted by Gasteiger charge is -2.17. The molecule has 0 aliphatic heterocycles. The average Bonchev–Trinajstić information content (AvgIpc) is 2.18. The van der Waals surface area contributed by atoms with Crippen LogP contribution >= 0.6 is 0 Å². The Morgan fingerprint density at radius 3 is 2.33 bits per heavy atom. The van der Waals surface area contributed by atoms with Crippen LogP contribution in [0.1, 0.15) is 26.3 Å². The van der Waals surface area contributed by atoms with Gasteiger partial charge in [-0.15, -0.1) is 0 Å². The van der Waals surface area contributed by atoms with Crippen LogP contribution in [0.15, 0.2) is 35.3 Å². The van der Waals surface area contributed by atoms with Gasteiger partial charge >= 0.3 is 0 Å². The summed E-state index contributed by atoms with van der Waals surface area (Å²) in [5.74, 6) is 0.735. The third-order valence-corrected chi connectivity index (χ3v) is 2.29. The Morgan fingerprint density at radius 2 is 1.80 bits per heavy atom. The highest BCUT2D eigenvalue weighted by Crippen LogP contribution is 2.12. The zero-order valence-corrected chi connectivity index (χ0v) is 9.83. The minimum Gasteiger partial charge on any atom is -0.387 e. The van der Waals surface area contributed by atoms with E-state index >= 15 is 0 Å². The second kappa shape index (κ2) is 4.96. The molecule has 82 valence electrons. The molecule has 0 heterocycles. The summed E-state index contributed by atoms with van der Waals surface area (Å²) in [6.45, 7) is 7.00. The van der Waals surface area contributed by atoms with Gasteiger partial charge in [0.05, 0.1) is 5.84 Å². The van der Waals surface area contributed by atoms with Gasteiger partial charge in [0.1, 0.15) is 0 Å². The quantitative estimate of drug-likeness (QED) is 0.596. The predicted molar refractivity (Wildman–Crippen MR) is 66.1 cm³/mol. The molecule has 0 fully saturated rings. The van der Waals surface area contributed by atoms with Crippen LogP contribution in [0, 0.1) is 5.41 Å². The second-order valence-corrected chi connectivity index (χ2v) is 4.75. The summed E-state index contributed by atoms with van der Waals surface area (Å²) in [7, 11) is 0. The number of hydrogen-bond acceptors (Lipinski definition) is 1. The van der Waals surface area contributed by atoms with Gasteiger partial charge in [0, 0.05) is 12.0 Å². The van der Waals surface area contributed by atoms with Crippen molar-refractivity contribution in [3.8, 4) is 0 Å². The Balaban J connectivity index is 2.46. The lowest BCUT2D eigenvalue weighted by molar-refractivity contribution is 0.581. The molecule has 0 radical (unpaired) electrons. The number of amidine groups is 1. The zero-order chi connectivity index (χ0) is 11.3. The van der Waals surface area contributed by atoms with Crippen LogP contribution in [0.3, 0.4) is 0 Å². The molecule has 0 bridgehead atoms. The van der Waals surface area contributed by atoms with Gasteiger partial charge in [-0.1, -0.05) is 51.1 Å². The van der Waals surface area contributed by atoms with Gasteiger partial charge in [0.2, 0.25) is 0 Å². The summed E-state index contributed by atoms with van der Waals surface area (Å²) >= 11 is 0. The van der Waals surface area contributed by atoms with Crippen LogP contribution in [0.5, 0.6) is 0 Å². The number of aliphatic imine (C=N–C) groups is 1. The first-order valence-corrected chi connectivity index (χ1v) is 5.34. The Labute approximate surface area is 92.2 Å². The van der Waals surface area contributed by atoms with Crippen LogP contribution in [-0.4, -0.2) is 12.4 Å². The third-order valence-electron chi connectivity index (χ3n) is 2.29. The second-order valence-electron chi connectivity index (χ2n) is 4.75. The first kappa shape index (κ1) is 11.8. The number of nitrogens with two attached hydrogens (primary N) is 1. The molecular weight excluding hydrogens is 184 g/mol. The fraction of sp³-hybridized carbons (Fsp3) is 0.462. The fourth-order valence-electron chi connectivity index (χ4n) is 1.19. The summed E-state index contributed by atoms with van der Waals surface area (Å²) in [5, 5.41) is 0. The molecule has 0 saturated carbocycles. The molecule has 2 heteroatoms. The van der Waals surface area contributed by atoms with E-state index < -0.39 is 0 Å². The average molecular weight is 204 g/mol. The molecule has 0 aliphatic rings. The van der Waals surface area contributed by atoms with Gasteiger partial charge in [-0.05, 0) is 12.0 Å². The van der Waals surface area contributed by atoms with E-state index in [1.54, 1.807) is 0 Å². The smallest absolute Gasteiger partial charge is 0.0991 e. The summed E-state index contributed by atoms with van der Waals surface area (Å²) in [4.78, 5) is 4.39. The van der Waals surface area contributed by atoms with Gasteiger partial charge in [0.25, 0.3) is 0 Å². The summed E-state index contributed by atoms with van der Waals surface area (Å²) in [6, 6.07) is 10.3. The maximum Gasteiger partial charge on any atom is 0.0991 e. The standard InChI is InChI=1S/C13H20N2/c1-13(2,3)12(14)15-10-9-11-7-5-4-6-8-11/h4-8H,9-10H2,1-3H3,(H2,14,15). The van der Waals surface area contributed by atoms with Crippen molar-refractivity contribution in [1.29, 1.82) is 0 Å². The van der Waals surface area contributed by atoms with Crippen LogP contribution in [0.25, 0.3) is 0 Å². The molecule has 1 aromatic rings. The Kier molecular flexibility index (Phi) is 3.89. The maximum atomic E-state index is 5.86. The molecule has 0 atom stereocenters. The SMILES string of the molecule is CC(C)(C)C(N)=NCCc1ccccc1. The molecule has 0 amide bonds. The Morgan fingerprint density at radius 1 is 1.20 bits per heavy atom. The number of benzene rings is 1. The third kappa shape index (κ3) is 4.15. The van der Waals surface area contributed by atoms with Crippen molar-refractivity contribution >= 4 is 5.84 Å².